The first-order valence-corrected chi connectivity index (χ1v) is 5.73. The number of aromatic amines is 1. The van der Waals surface area contributed by atoms with Crippen LogP contribution in [0.5, 0.6) is 0 Å². The van der Waals surface area contributed by atoms with Crippen LogP contribution in [-0.4, -0.2) is 20.0 Å². The third kappa shape index (κ3) is 1.56. The molecule has 0 spiro atoms. The summed E-state index contributed by atoms with van der Waals surface area (Å²) < 4.78 is 2.24. The number of nitrogens with zero attached hydrogens (tertiary/aromatic N) is 3. The molecule has 0 saturated heterocycles. The van der Waals surface area contributed by atoms with Gasteiger partial charge in [-0.15, -0.1) is 0 Å². The molecular weight excluding hydrogens is 307 g/mol. The van der Waals surface area contributed by atoms with Crippen LogP contribution in [0.25, 0.3) is 11.0 Å². The average Bonchev–Trinajstić information content (AvgIpc) is 2.50. The van der Waals surface area contributed by atoms with Gasteiger partial charge in [-0.2, -0.15) is 10.2 Å². The molecule has 2 heterocycles. The largest absolute Gasteiger partial charge is 0.286 e. The van der Waals surface area contributed by atoms with Crippen molar-refractivity contribution >= 4 is 33.6 Å². The van der Waals surface area contributed by atoms with Crippen LogP contribution in [0.2, 0.25) is 0 Å². The zero-order chi connectivity index (χ0) is 11.2. The second kappa shape index (κ2) is 3.58. The van der Waals surface area contributed by atoms with Crippen LogP contribution in [0.1, 0.15) is 25.6 Å². The summed E-state index contributed by atoms with van der Waals surface area (Å²) in [5.74, 6) is 0. The van der Waals surface area contributed by atoms with E-state index in [4.69, 9.17) is 0 Å². The monoisotopic (exact) mass is 318 g/mol. The van der Waals surface area contributed by atoms with E-state index in [9.17, 15) is 4.79 Å². The van der Waals surface area contributed by atoms with Crippen molar-refractivity contribution in [2.24, 2.45) is 0 Å². The van der Waals surface area contributed by atoms with Gasteiger partial charge in [0, 0.05) is 6.04 Å². The zero-order valence-corrected chi connectivity index (χ0v) is 10.9. The van der Waals surface area contributed by atoms with Crippen molar-refractivity contribution in [1.29, 1.82) is 0 Å². The lowest BCUT2D eigenvalue weighted by atomic mass is 10.3. The summed E-state index contributed by atoms with van der Waals surface area (Å²) >= 11 is 1.92. The Balaban J connectivity index is 2.93. The van der Waals surface area contributed by atoms with E-state index in [1.54, 1.807) is 4.68 Å². The number of rotatable bonds is 1. The highest BCUT2D eigenvalue weighted by Gasteiger charge is 2.15. The standard InChI is InChI=1S/C9H11IN4O/c1-4(2)14-9-6(5(3)13-14)7(15)8(10)11-12-9/h4H,1-3H3,(H,12,15). The van der Waals surface area contributed by atoms with Gasteiger partial charge >= 0.3 is 0 Å². The summed E-state index contributed by atoms with van der Waals surface area (Å²) in [6.45, 7) is 5.87. The van der Waals surface area contributed by atoms with Crippen LogP contribution < -0.4 is 5.43 Å². The number of H-pyrrole nitrogens is 1. The van der Waals surface area contributed by atoms with Crippen LogP contribution >= 0.6 is 22.6 Å². The van der Waals surface area contributed by atoms with E-state index in [2.05, 4.69) is 15.3 Å². The minimum atomic E-state index is -0.0475. The van der Waals surface area contributed by atoms with Crippen molar-refractivity contribution in [1.82, 2.24) is 20.0 Å². The molecule has 0 atom stereocenters. The van der Waals surface area contributed by atoms with Gasteiger partial charge in [-0.05, 0) is 43.4 Å². The molecule has 2 aromatic heterocycles. The molecule has 0 saturated carbocycles. The van der Waals surface area contributed by atoms with E-state index >= 15 is 0 Å². The number of aryl methyl sites for hydroxylation is 1. The van der Waals surface area contributed by atoms with Crippen molar-refractivity contribution < 1.29 is 0 Å². The molecule has 2 rings (SSSR count). The van der Waals surface area contributed by atoms with Gasteiger partial charge in [0.1, 0.15) is 0 Å². The van der Waals surface area contributed by atoms with Crippen LogP contribution in [0, 0.1) is 10.6 Å². The fourth-order valence-electron chi connectivity index (χ4n) is 1.56. The highest BCUT2D eigenvalue weighted by molar-refractivity contribution is 14.1. The summed E-state index contributed by atoms with van der Waals surface area (Å²) in [6, 6.07) is 0.207. The van der Waals surface area contributed by atoms with Gasteiger partial charge in [0.05, 0.1) is 11.1 Å². The van der Waals surface area contributed by atoms with E-state index in [0.29, 0.717) is 14.7 Å². The van der Waals surface area contributed by atoms with Crippen LogP contribution in [-0.2, 0) is 0 Å². The van der Waals surface area contributed by atoms with Gasteiger partial charge in [0.25, 0.3) is 0 Å². The number of halogens is 1. The van der Waals surface area contributed by atoms with Crippen molar-refractivity contribution in [3.63, 3.8) is 0 Å². The third-order valence-corrected chi connectivity index (χ3v) is 2.98. The molecule has 0 bridgehead atoms. The molecule has 15 heavy (non-hydrogen) atoms. The topological polar surface area (TPSA) is 63.6 Å². The van der Waals surface area contributed by atoms with Gasteiger partial charge in [-0.25, -0.2) is 4.68 Å². The smallest absolute Gasteiger partial charge is 0.225 e. The van der Waals surface area contributed by atoms with E-state index in [1.807, 2.05) is 43.4 Å². The minimum Gasteiger partial charge on any atom is -0.286 e. The Bertz CT molecular complexity index is 569. The molecule has 80 valence electrons. The fourth-order valence-corrected chi connectivity index (χ4v) is 1.95. The quantitative estimate of drug-likeness (QED) is 0.813. The highest BCUT2D eigenvalue weighted by atomic mass is 127. The van der Waals surface area contributed by atoms with Gasteiger partial charge in [0.15, 0.2) is 9.35 Å². The lowest BCUT2D eigenvalue weighted by molar-refractivity contribution is 0.540. The maximum absolute atomic E-state index is 11.8. The predicted molar refractivity (Wildman–Crippen MR) is 66.0 cm³/mol. The lowest BCUT2D eigenvalue weighted by Gasteiger charge is -2.05. The molecule has 6 heteroatoms. The third-order valence-electron chi connectivity index (χ3n) is 2.25. The SMILES string of the molecule is Cc1nn(C(C)C)c2[nH]nc(I)c(=O)c12. The average molecular weight is 318 g/mol. The van der Waals surface area contributed by atoms with Crippen LogP contribution in [0.15, 0.2) is 4.79 Å². The van der Waals surface area contributed by atoms with Gasteiger partial charge in [-0.3, -0.25) is 9.89 Å². The molecule has 5 nitrogen and oxygen atoms in total. The number of aromatic nitrogens is 4. The maximum Gasteiger partial charge on any atom is 0.225 e. The van der Waals surface area contributed by atoms with Gasteiger partial charge in [0.2, 0.25) is 5.43 Å². The molecule has 0 aliphatic carbocycles. The van der Waals surface area contributed by atoms with E-state index in [-0.39, 0.29) is 11.5 Å². The number of hydrogen-bond acceptors (Lipinski definition) is 3. The minimum absolute atomic E-state index is 0.0475. The molecule has 2 aromatic rings. The first-order chi connectivity index (χ1) is 7.02. The Morgan fingerprint density at radius 3 is 2.73 bits per heavy atom. The van der Waals surface area contributed by atoms with Gasteiger partial charge in [-0.1, -0.05) is 0 Å². The summed E-state index contributed by atoms with van der Waals surface area (Å²) in [5.41, 5.74) is 1.40. The second-order valence-electron chi connectivity index (χ2n) is 3.69. The maximum atomic E-state index is 11.8. The van der Waals surface area contributed by atoms with E-state index in [1.165, 1.54) is 0 Å². The van der Waals surface area contributed by atoms with Crippen molar-refractivity contribution in [3.05, 3.63) is 19.6 Å². The Morgan fingerprint density at radius 2 is 2.13 bits per heavy atom. The van der Waals surface area contributed by atoms with Crippen LogP contribution in [0.3, 0.4) is 0 Å². The number of nitrogens with one attached hydrogen (secondary N) is 1. The second-order valence-corrected chi connectivity index (χ2v) is 4.71. The zero-order valence-electron chi connectivity index (χ0n) is 8.71. The molecular formula is C9H11IN4O. The van der Waals surface area contributed by atoms with E-state index < -0.39 is 0 Å². The molecule has 0 amide bonds. The number of fused-ring (bicyclic) bond motifs is 1. The Morgan fingerprint density at radius 1 is 1.47 bits per heavy atom. The Hall–Kier alpha value is -0.920. The first kappa shape index (κ1) is 10.6. The lowest BCUT2D eigenvalue weighted by Crippen LogP contribution is -2.11. The summed E-state index contributed by atoms with van der Waals surface area (Å²) in [7, 11) is 0. The predicted octanol–water partition coefficient (Wildman–Crippen LogP) is 1.61. The van der Waals surface area contributed by atoms with E-state index in [0.717, 1.165) is 5.69 Å². The normalized spacial score (nSPS) is 11.5. The van der Waals surface area contributed by atoms with Gasteiger partial charge < -0.3 is 0 Å². The summed E-state index contributed by atoms with van der Waals surface area (Å²) in [4.78, 5) is 11.8. The molecule has 0 aromatic carbocycles. The molecule has 0 fully saturated rings. The van der Waals surface area contributed by atoms with Crippen molar-refractivity contribution in [3.8, 4) is 0 Å². The molecule has 0 unspecified atom stereocenters. The Labute approximate surface area is 100 Å². The summed E-state index contributed by atoms with van der Waals surface area (Å²) in [6.07, 6.45) is 0. The first-order valence-electron chi connectivity index (χ1n) is 4.65. The van der Waals surface area contributed by atoms with Crippen LogP contribution in [0.4, 0.5) is 0 Å². The molecule has 0 radical (unpaired) electrons. The number of hydrogen-bond donors (Lipinski definition) is 1. The summed E-state index contributed by atoms with van der Waals surface area (Å²) in [5, 5.41) is 11.8. The Kier molecular flexibility index (Phi) is 2.53. The highest BCUT2D eigenvalue weighted by Crippen LogP contribution is 2.16. The molecule has 0 aliphatic rings. The molecule has 0 aliphatic heterocycles. The molecule has 1 N–H and O–H groups in total. The van der Waals surface area contributed by atoms with Crippen molar-refractivity contribution in [2.75, 3.05) is 0 Å². The van der Waals surface area contributed by atoms with Crippen molar-refractivity contribution in [2.45, 2.75) is 26.8 Å². The fraction of sp³-hybridized carbons (Fsp3) is 0.444.